The summed E-state index contributed by atoms with van der Waals surface area (Å²) in [5.41, 5.74) is 5.15. The first-order valence-corrected chi connectivity index (χ1v) is 7.11. The van der Waals surface area contributed by atoms with Gasteiger partial charge in [-0.25, -0.2) is 4.79 Å². The fraction of sp³-hybridized carbons (Fsp3) is 0.909. The molecule has 90 valence electrons. The van der Waals surface area contributed by atoms with Crippen LogP contribution in [-0.2, 0) is 4.74 Å². The minimum Gasteiger partial charge on any atom is -0.449 e. The van der Waals surface area contributed by atoms with Crippen molar-refractivity contribution in [3.63, 3.8) is 0 Å². The SMILES string of the molecule is CCCCC(CI)(CCC)COC(N)=O. The van der Waals surface area contributed by atoms with Crippen LogP contribution in [0.4, 0.5) is 4.79 Å². The smallest absolute Gasteiger partial charge is 0.404 e. The van der Waals surface area contributed by atoms with E-state index < -0.39 is 6.09 Å². The topological polar surface area (TPSA) is 52.3 Å². The molecule has 2 N–H and O–H groups in total. The lowest BCUT2D eigenvalue weighted by molar-refractivity contribution is 0.0891. The lowest BCUT2D eigenvalue weighted by Crippen LogP contribution is -2.31. The molecule has 0 rings (SSSR count). The highest BCUT2D eigenvalue weighted by atomic mass is 127. The first-order chi connectivity index (χ1) is 7.10. The molecule has 0 saturated heterocycles. The van der Waals surface area contributed by atoms with Crippen molar-refractivity contribution in [1.82, 2.24) is 0 Å². The largest absolute Gasteiger partial charge is 0.449 e. The number of hydrogen-bond donors (Lipinski definition) is 1. The first-order valence-electron chi connectivity index (χ1n) is 5.58. The average molecular weight is 327 g/mol. The van der Waals surface area contributed by atoms with Gasteiger partial charge in [-0.15, -0.1) is 0 Å². The van der Waals surface area contributed by atoms with Gasteiger partial charge in [0.25, 0.3) is 0 Å². The van der Waals surface area contributed by atoms with E-state index in [2.05, 4.69) is 36.4 Å². The van der Waals surface area contributed by atoms with E-state index in [1.807, 2.05) is 0 Å². The summed E-state index contributed by atoms with van der Waals surface area (Å²) in [5, 5.41) is 0. The van der Waals surface area contributed by atoms with Gasteiger partial charge >= 0.3 is 6.09 Å². The van der Waals surface area contributed by atoms with E-state index in [0.717, 1.165) is 23.7 Å². The van der Waals surface area contributed by atoms with E-state index in [1.165, 1.54) is 12.8 Å². The van der Waals surface area contributed by atoms with Crippen LogP contribution in [0.5, 0.6) is 0 Å². The molecule has 1 amide bonds. The zero-order valence-corrected chi connectivity index (χ0v) is 11.9. The van der Waals surface area contributed by atoms with E-state index in [1.54, 1.807) is 0 Å². The average Bonchev–Trinajstić information content (AvgIpc) is 2.22. The molecule has 0 aromatic carbocycles. The van der Waals surface area contributed by atoms with Gasteiger partial charge in [0.1, 0.15) is 0 Å². The molecule has 0 aromatic rings. The Kier molecular flexibility index (Phi) is 8.19. The van der Waals surface area contributed by atoms with Crippen LogP contribution in [0.2, 0.25) is 0 Å². The van der Waals surface area contributed by atoms with E-state index >= 15 is 0 Å². The van der Waals surface area contributed by atoms with E-state index in [9.17, 15) is 4.79 Å². The standard InChI is InChI=1S/C11H22INO2/c1-3-5-7-11(8-12,6-4-2)9-15-10(13)14/h3-9H2,1-2H3,(H2,13,14). The van der Waals surface area contributed by atoms with Crippen LogP contribution in [0.15, 0.2) is 0 Å². The summed E-state index contributed by atoms with van der Waals surface area (Å²) in [4.78, 5) is 10.6. The van der Waals surface area contributed by atoms with Gasteiger partial charge in [-0.05, 0) is 12.8 Å². The number of primary amides is 1. The Morgan fingerprint density at radius 3 is 2.40 bits per heavy atom. The summed E-state index contributed by atoms with van der Waals surface area (Å²) in [7, 11) is 0. The number of amides is 1. The maximum atomic E-state index is 10.6. The van der Waals surface area contributed by atoms with Gasteiger partial charge in [-0.1, -0.05) is 55.7 Å². The van der Waals surface area contributed by atoms with Crippen LogP contribution < -0.4 is 5.73 Å². The van der Waals surface area contributed by atoms with Gasteiger partial charge in [0.05, 0.1) is 6.61 Å². The molecule has 15 heavy (non-hydrogen) atoms. The molecule has 0 aliphatic rings. The predicted octanol–water partition coefficient (Wildman–Crippen LogP) is 3.49. The van der Waals surface area contributed by atoms with Crippen LogP contribution in [0.25, 0.3) is 0 Å². The van der Waals surface area contributed by atoms with Gasteiger partial charge in [0.15, 0.2) is 0 Å². The maximum Gasteiger partial charge on any atom is 0.404 e. The summed E-state index contributed by atoms with van der Waals surface area (Å²) in [6.07, 6.45) is 5.05. The molecular weight excluding hydrogens is 305 g/mol. The number of carbonyl (C=O) groups excluding carboxylic acids is 1. The molecule has 1 atom stereocenters. The molecule has 0 spiro atoms. The summed E-state index contributed by atoms with van der Waals surface area (Å²) in [5.74, 6) is 0. The van der Waals surface area contributed by atoms with Crippen molar-refractivity contribution in [2.24, 2.45) is 11.1 Å². The number of ether oxygens (including phenoxy) is 1. The summed E-state index contributed by atoms with van der Waals surface area (Å²) in [6.45, 7) is 4.81. The predicted molar refractivity (Wildman–Crippen MR) is 71.3 cm³/mol. The molecule has 1 unspecified atom stereocenters. The number of nitrogens with two attached hydrogens (primary N) is 1. The Bertz CT molecular complexity index is 187. The molecule has 3 nitrogen and oxygen atoms in total. The lowest BCUT2D eigenvalue weighted by Gasteiger charge is -2.31. The van der Waals surface area contributed by atoms with Crippen molar-refractivity contribution in [3.8, 4) is 0 Å². The van der Waals surface area contributed by atoms with Gasteiger partial charge in [0, 0.05) is 9.84 Å². The van der Waals surface area contributed by atoms with Crippen LogP contribution >= 0.6 is 22.6 Å². The second-order valence-corrected chi connectivity index (χ2v) is 4.86. The monoisotopic (exact) mass is 327 g/mol. The quantitative estimate of drug-likeness (QED) is 0.548. The van der Waals surface area contributed by atoms with Crippen molar-refractivity contribution >= 4 is 28.7 Å². The highest BCUT2D eigenvalue weighted by molar-refractivity contribution is 14.1. The van der Waals surface area contributed by atoms with E-state index in [-0.39, 0.29) is 5.41 Å². The Balaban J connectivity index is 4.27. The number of halogens is 1. The minimum atomic E-state index is -0.656. The molecule has 0 radical (unpaired) electrons. The maximum absolute atomic E-state index is 10.6. The Morgan fingerprint density at radius 1 is 1.33 bits per heavy atom. The van der Waals surface area contributed by atoms with Crippen LogP contribution in [0.3, 0.4) is 0 Å². The Labute approximate surface area is 106 Å². The van der Waals surface area contributed by atoms with Gasteiger partial charge < -0.3 is 10.5 Å². The zero-order valence-electron chi connectivity index (χ0n) is 9.72. The Morgan fingerprint density at radius 2 is 2.00 bits per heavy atom. The minimum absolute atomic E-state index is 0.139. The molecule has 0 aliphatic carbocycles. The number of unbranched alkanes of at least 4 members (excludes halogenated alkanes) is 1. The molecule has 0 fully saturated rings. The zero-order chi connectivity index (χ0) is 11.7. The van der Waals surface area contributed by atoms with Crippen molar-refractivity contribution in [1.29, 1.82) is 0 Å². The summed E-state index contributed by atoms with van der Waals surface area (Å²) >= 11 is 2.38. The third kappa shape index (κ3) is 6.22. The molecule has 0 saturated carbocycles. The van der Waals surface area contributed by atoms with E-state index in [0.29, 0.717) is 6.61 Å². The third-order valence-electron chi connectivity index (χ3n) is 2.65. The second kappa shape index (κ2) is 8.19. The van der Waals surface area contributed by atoms with Gasteiger partial charge in [-0.3, -0.25) is 0 Å². The highest BCUT2D eigenvalue weighted by Crippen LogP contribution is 2.33. The molecule has 0 bridgehead atoms. The Hall–Kier alpha value is 0. The van der Waals surface area contributed by atoms with E-state index in [4.69, 9.17) is 10.5 Å². The van der Waals surface area contributed by atoms with Gasteiger partial charge in [0.2, 0.25) is 0 Å². The highest BCUT2D eigenvalue weighted by Gasteiger charge is 2.28. The molecule has 4 heteroatoms. The van der Waals surface area contributed by atoms with Crippen LogP contribution in [0.1, 0.15) is 46.0 Å². The molecule has 0 aliphatic heterocycles. The molecule has 0 aromatic heterocycles. The summed E-state index contributed by atoms with van der Waals surface area (Å²) < 4.78 is 6.00. The number of alkyl halides is 1. The lowest BCUT2D eigenvalue weighted by atomic mass is 9.81. The fourth-order valence-electron chi connectivity index (χ4n) is 1.75. The normalized spacial score (nSPS) is 14.6. The van der Waals surface area contributed by atoms with Crippen molar-refractivity contribution in [2.45, 2.75) is 46.0 Å². The van der Waals surface area contributed by atoms with Crippen molar-refractivity contribution in [3.05, 3.63) is 0 Å². The fourth-order valence-corrected chi connectivity index (χ4v) is 2.73. The summed E-state index contributed by atoms with van der Waals surface area (Å²) in [6, 6.07) is 0. The number of rotatable bonds is 8. The second-order valence-electron chi connectivity index (χ2n) is 4.09. The van der Waals surface area contributed by atoms with Crippen LogP contribution in [-0.4, -0.2) is 17.1 Å². The third-order valence-corrected chi connectivity index (χ3v) is 4.26. The number of carbonyl (C=O) groups is 1. The first kappa shape index (κ1) is 15.0. The molecular formula is C11H22INO2. The molecule has 0 heterocycles. The van der Waals surface area contributed by atoms with Crippen molar-refractivity contribution < 1.29 is 9.53 Å². The van der Waals surface area contributed by atoms with Crippen LogP contribution in [0, 0.1) is 5.41 Å². The van der Waals surface area contributed by atoms with Crippen molar-refractivity contribution in [2.75, 3.05) is 11.0 Å². The van der Waals surface area contributed by atoms with Gasteiger partial charge in [-0.2, -0.15) is 0 Å². The number of hydrogen-bond acceptors (Lipinski definition) is 2.